The topological polar surface area (TPSA) is 30.7 Å². The van der Waals surface area contributed by atoms with E-state index in [1.54, 1.807) is 4.80 Å². The van der Waals surface area contributed by atoms with Crippen molar-refractivity contribution in [3.05, 3.63) is 6.20 Å². The first-order valence-electron chi connectivity index (χ1n) is 8.05. The van der Waals surface area contributed by atoms with Crippen molar-refractivity contribution in [2.45, 2.75) is 72.6 Å². The zero-order valence-corrected chi connectivity index (χ0v) is 16.1. The van der Waals surface area contributed by atoms with E-state index >= 15 is 0 Å². The summed E-state index contributed by atoms with van der Waals surface area (Å²) in [6.07, 6.45) is 10.2. The second-order valence-electron chi connectivity index (χ2n) is 5.81. The van der Waals surface area contributed by atoms with Gasteiger partial charge in [-0.15, -0.1) is 0 Å². The minimum absolute atomic E-state index is 1.32. The predicted octanol–water partition coefficient (Wildman–Crippen LogP) is 3.87. The van der Waals surface area contributed by atoms with Crippen LogP contribution < -0.4 is 3.71 Å². The quantitative estimate of drug-likeness (QED) is 0.584. The molecule has 0 radical (unpaired) electrons. The molecule has 0 fully saturated rings. The molecule has 0 bridgehead atoms. The van der Waals surface area contributed by atoms with Gasteiger partial charge in [-0.1, -0.05) is 0 Å². The fourth-order valence-electron chi connectivity index (χ4n) is 2.89. The Morgan fingerprint density at radius 1 is 0.947 bits per heavy atom. The van der Waals surface area contributed by atoms with Gasteiger partial charge in [-0.25, -0.2) is 0 Å². The van der Waals surface area contributed by atoms with Crippen LogP contribution in [0.3, 0.4) is 0 Å². The van der Waals surface area contributed by atoms with Gasteiger partial charge in [-0.2, -0.15) is 0 Å². The van der Waals surface area contributed by atoms with Gasteiger partial charge >= 0.3 is 123 Å². The van der Waals surface area contributed by atoms with Crippen LogP contribution in [0.25, 0.3) is 0 Å². The summed E-state index contributed by atoms with van der Waals surface area (Å²) >= 11 is -2.27. The molecule has 0 aromatic carbocycles. The summed E-state index contributed by atoms with van der Waals surface area (Å²) in [7, 11) is 1.96. The molecular formula is C15H31N3Sn. The fourth-order valence-corrected chi connectivity index (χ4v) is 18.0. The predicted molar refractivity (Wildman–Crippen MR) is 85.5 cm³/mol. The first-order chi connectivity index (χ1) is 9.18. The molecule has 0 N–H and O–H groups in total. The Hall–Kier alpha value is -0.0613. The van der Waals surface area contributed by atoms with E-state index in [9.17, 15) is 0 Å². The summed E-state index contributed by atoms with van der Waals surface area (Å²) in [5.41, 5.74) is 0. The Morgan fingerprint density at radius 3 is 1.74 bits per heavy atom. The maximum atomic E-state index is 4.74. The second kappa shape index (κ2) is 8.98. The fraction of sp³-hybridized carbons (Fsp3) is 0.867. The van der Waals surface area contributed by atoms with E-state index in [2.05, 4.69) is 32.1 Å². The number of hydrogen-bond donors (Lipinski definition) is 0. The van der Waals surface area contributed by atoms with Crippen molar-refractivity contribution in [3.63, 3.8) is 0 Å². The molecule has 0 saturated carbocycles. The normalized spacial score (nSPS) is 12.0. The minimum atomic E-state index is -2.27. The standard InChI is InChI=1S/3C4H9.C3H4N3.Sn/c3*1-3-4-2;1-6-4-2-3-5-6;/h3*1,3-4H2,2H3;2H,1H3;. The summed E-state index contributed by atoms with van der Waals surface area (Å²) in [4.78, 5) is 1.77. The summed E-state index contributed by atoms with van der Waals surface area (Å²) in [5, 5.41) is 9.11. The molecule has 0 aliphatic rings. The molecule has 1 aromatic rings. The molecule has 0 aliphatic heterocycles. The molecule has 0 atom stereocenters. The van der Waals surface area contributed by atoms with E-state index < -0.39 is 18.4 Å². The molecule has 110 valence electrons. The van der Waals surface area contributed by atoms with Crippen LogP contribution in [-0.2, 0) is 7.05 Å². The summed E-state index contributed by atoms with van der Waals surface area (Å²) in [6, 6.07) is 0. The molecule has 3 nitrogen and oxygen atoms in total. The Bertz CT molecular complexity index is 327. The van der Waals surface area contributed by atoms with Crippen LogP contribution in [0.1, 0.15) is 59.3 Å². The average Bonchev–Trinajstić information content (AvgIpc) is 2.85. The van der Waals surface area contributed by atoms with Gasteiger partial charge in [0.25, 0.3) is 0 Å². The monoisotopic (exact) mass is 373 g/mol. The van der Waals surface area contributed by atoms with Gasteiger partial charge in [0.1, 0.15) is 0 Å². The maximum absolute atomic E-state index is 4.74. The SMILES string of the molecule is CCC[CH2][Sn]([CH2]CCC)([CH2]CCC)[c]1cnn(C)n1. The zero-order chi connectivity index (χ0) is 14.1. The third-order valence-electron chi connectivity index (χ3n) is 4.17. The molecule has 1 aromatic heterocycles. The number of aromatic nitrogens is 3. The van der Waals surface area contributed by atoms with Crippen LogP contribution in [0.4, 0.5) is 0 Å². The van der Waals surface area contributed by atoms with Gasteiger partial charge in [0.05, 0.1) is 0 Å². The van der Waals surface area contributed by atoms with Crippen LogP contribution in [0.15, 0.2) is 6.20 Å². The Kier molecular flexibility index (Phi) is 8.03. The van der Waals surface area contributed by atoms with Crippen molar-refractivity contribution in [1.29, 1.82) is 0 Å². The molecule has 0 spiro atoms. The first kappa shape index (κ1) is 17.0. The number of unbranched alkanes of at least 4 members (excludes halogenated alkanes) is 3. The zero-order valence-electron chi connectivity index (χ0n) is 13.3. The van der Waals surface area contributed by atoms with Crippen molar-refractivity contribution in [3.8, 4) is 0 Å². The molecule has 19 heavy (non-hydrogen) atoms. The van der Waals surface area contributed by atoms with Crippen LogP contribution in [0.5, 0.6) is 0 Å². The third-order valence-corrected chi connectivity index (χ3v) is 19.1. The summed E-state index contributed by atoms with van der Waals surface area (Å²) < 4.78 is 5.87. The first-order valence-corrected chi connectivity index (χ1v) is 15.5. The van der Waals surface area contributed by atoms with Crippen molar-refractivity contribution < 1.29 is 0 Å². The van der Waals surface area contributed by atoms with Crippen molar-refractivity contribution in [2.75, 3.05) is 0 Å². The number of aryl methyl sites for hydroxylation is 1. The van der Waals surface area contributed by atoms with Crippen molar-refractivity contribution in [2.24, 2.45) is 7.05 Å². The third kappa shape index (κ3) is 5.08. The van der Waals surface area contributed by atoms with E-state index in [1.165, 1.54) is 55.5 Å². The van der Waals surface area contributed by atoms with E-state index in [4.69, 9.17) is 5.10 Å². The summed E-state index contributed by atoms with van der Waals surface area (Å²) in [6.45, 7) is 6.94. The van der Waals surface area contributed by atoms with Gasteiger partial charge < -0.3 is 0 Å². The van der Waals surface area contributed by atoms with Crippen molar-refractivity contribution >= 4 is 22.1 Å². The molecule has 0 saturated heterocycles. The van der Waals surface area contributed by atoms with Gasteiger partial charge in [0.2, 0.25) is 0 Å². The van der Waals surface area contributed by atoms with Gasteiger partial charge in [-0.3, -0.25) is 0 Å². The van der Waals surface area contributed by atoms with Crippen LogP contribution >= 0.6 is 0 Å². The molecule has 1 rings (SSSR count). The Morgan fingerprint density at radius 2 is 1.42 bits per heavy atom. The second-order valence-corrected chi connectivity index (χ2v) is 18.9. The van der Waals surface area contributed by atoms with E-state index in [1.807, 2.05) is 7.05 Å². The number of rotatable bonds is 10. The Labute approximate surface area is 123 Å². The number of hydrogen-bond acceptors (Lipinski definition) is 2. The molecule has 4 heteroatoms. The molecular weight excluding hydrogens is 341 g/mol. The van der Waals surface area contributed by atoms with Crippen molar-refractivity contribution in [1.82, 2.24) is 15.0 Å². The van der Waals surface area contributed by atoms with E-state index in [-0.39, 0.29) is 0 Å². The van der Waals surface area contributed by atoms with E-state index in [0.29, 0.717) is 0 Å². The average molecular weight is 372 g/mol. The molecule has 0 amide bonds. The molecule has 0 unspecified atom stereocenters. The van der Waals surface area contributed by atoms with Crippen LogP contribution in [-0.4, -0.2) is 33.4 Å². The van der Waals surface area contributed by atoms with E-state index in [0.717, 1.165) is 0 Å². The Balaban J connectivity index is 2.93. The van der Waals surface area contributed by atoms with Crippen LogP contribution in [0.2, 0.25) is 13.3 Å². The van der Waals surface area contributed by atoms with Crippen LogP contribution in [0, 0.1) is 0 Å². The molecule has 1 heterocycles. The summed E-state index contributed by atoms with van der Waals surface area (Å²) in [5.74, 6) is 0. The van der Waals surface area contributed by atoms with Gasteiger partial charge in [0.15, 0.2) is 0 Å². The number of nitrogens with zero attached hydrogens (tertiary/aromatic N) is 3. The van der Waals surface area contributed by atoms with Gasteiger partial charge in [-0.05, 0) is 0 Å². The van der Waals surface area contributed by atoms with Gasteiger partial charge in [0, 0.05) is 0 Å². The molecule has 0 aliphatic carbocycles.